The number of amides is 1. The summed E-state index contributed by atoms with van der Waals surface area (Å²) in [5.41, 5.74) is 2.00. The van der Waals surface area contributed by atoms with Crippen LogP contribution in [-0.4, -0.2) is 31.2 Å². The molecule has 0 bridgehead atoms. The summed E-state index contributed by atoms with van der Waals surface area (Å²) in [5.74, 6) is 0.989. The summed E-state index contributed by atoms with van der Waals surface area (Å²) < 4.78 is 3.76. The van der Waals surface area contributed by atoms with Crippen LogP contribution in [0.5, 0.6) is 0 Å². The van der Waals surface area contributed by atoms with Crippen molar-refractivity contribution in [3.63, 3.8) is 0 Å². The van der Waals surface area contributed by atoms with Crippen LogP contribution >= 0.6 is 11.8 Å². The molecule has 0 atom stereocenters. The Morgan fingerprint density at radius 3 is 2.67 bits per heavy atom. The number of rotatable bonds is 6. The molecule has 0 aliphatic carbocycles. The number of nitrogens with one attached hydrogen (secondary N) is 1. The maximum atomic E-state index is 12.3. The Bertz CT molecular complexity index is 825. The van der Waals surface area contributed by atoms with Crippen molar-refractivity contribution < 1.29 is 4.79 Å². The van der Waals surface area contributed by atoms with Crippen LogP contribution in [0.25, 0.3) is 0 Å². The lowest BCUT2D eigenvalue weighted by atomic mass is 10.1. The first kappa shape index (κ1) is 16.3. The van der Waals surface area contributed by atoms with Gasteiger partial charge in [0.15, 0.2) is 5.82 Å². The summed E-state index contributed by atoms with van der Waals surface area (Å²) in [6.45, 7) is 3.96. The Kier molecular flexibility index (Phi) is 5.00. The largest absolute Gasteiger partial charge is 0.325 e. The normalized spacial score (nSPS) is 10.8. The lowest BCUT2D eigenvalue weighted by Gasteiger charge is -2.11. The van der Waals surface area contributed by atoms with Gasteiger partial charge in [0, 0.05) is 18.1 Å². The fraction of sp³-hybridized carbons (Fsp3) is 0.235. The molecule has 1 aromatic carbocycles. The average molecular weight is 341 g/mol. The fourth-order valence-corrected chi connectivity index (χ4v) is 3.20. The number of aryl methyl sites for hydroxylation is 2. The third-order valence-corrected chi connectivity index (χ3v) is 4.51. The molecule has 6 nitrogen and oxygen atoms in total. The third kappa shape index (κ3) is 3.51. The number of carbonyl (C=O) groups excluding carboxylic acids is 1. The number of carbonyl (C=O) groups is 1. The highest BCUT2D eigenvalue weighted by molar-refractivity contribution is 7.99. The van der Waals surface area contributed by atoms with E-state index < -0.39 is 0 Å². The van der Waals surface area contributed by atoms with Crippen molar-refractivity contribution in [1.82, 2.24) is 19.5 Å². The van der Waals surface area contributed by atoms with Gasteiger partial charge in [-0.1, -0.05) is 36.9 Å². The summed E-state index contributed by atoms with van der Waals surface area (Å²) in [6.07, 6.45) is 4.71. The Balaban J connectivity index is 1.67. The molecule has 3 rings (SSSR count). The minimum absolute atomic E-state index is 0.0550. The molecule has 0 saturated carbocycles. The van der Waals surface area contributed by atoms with Gasteiger partial charge in [-0.3, -0.25) is 9.47 Å². The van der Waals surface area contributed by atoms with Crippen LogP contribution in [0.4, 0.5) is 5.69 Å². The maximum absolute atomic E-state index is 12.3. The van der Waals surface area contributed by atoms with Crippen LogP contribution < -0.4 is 5.32 Å². The molecule has 1 N–H and O–H groups in total. The quantitative estimate of drug-likeness (QED) is 0.700. The van der Waals surface area contributed by atoms with Crippen molar-refractivity contribution in [1.29, 1.82) is 0 Å². The summed E-state index contributed by atoms with van der Waals surface area (Å²) in [6, 6.07) is 11.7. The smallest absolute Gasteiger partial charge is 0.234 e. The van der Waals surface area contributed by atoms with Gasteiger partial charge in [-0.25, -0.2) is 4.68 Å². The van der Waals surface area contributed by atoms with Crippen LogP contribution in [-0.2, 0) is 11.2 Å². The summed E-state index contributed by atoms with van der Waals surface area (Å²) in [7, 11) is 0. The van der Waals surface area contributed by atoms with Gasteiger partial charge in [0.25, 0.3) is 0 Å². The predicted octanol–water partition coefficient (Wildman–Crippen LogP) is 2.99. The number of aromatic nitrogens is 4. The van der Waals surface area contributed by atoms with E-state index >= 15 is 0 Å². The number of thioether (sulfide) groups is 1. The van der Waals surface area contributed by atoms with Crippen molar-refractivity contribution in [2.45, 2.75) is 25.4 Å². The molecule has 2 aromatic heterocycles. The Morgan fingerprint density at radius 2 is 1.92 bits per heavy atom. The van der Waals surface area contributed by atoms with Crippen LogP contribution in [0.1, 0.15) is 18.3 Å². The number of anilines is 1. The highest BCUT2D eigenvalue weighted by Crippen LogP contribution is 2.19. The fourth-order valence-electron chi connectivity index (χ4n) is 2.42. The second kappa shape index (κ2) is 7.35. The number of hydrogen-bond donors (Lipinski definition) is 1. The van der Waals surface area contributed by atoms with E-state index in [2.05, 4.69) is 22.4 Å². The van der Waals surface area contributed by atoms with E-state index in [1.54, 1.807) is 0 Å². The lowest BCUT2D eigenvalue weighted by molar-refractivity contribution is -0.113. The predicted molar refractivity (Wildman–Crippen MR) is 95.2 cm³/mol. The monoisotopic (exact) mass is 341 g/mol. The summed E-state index contributed by atoms with van der Waals surface area (Å²) >= 11 is 1.36. The minimum Gasteiger partial charge on any atom is -0.325 e. The van der Waals surface area contributed by atoms with E-state index in [-0.39, 0.29) is 11.7 Å². The Morgan fingerprint density at radius 1 is 1.17 bits per heavy atom. The molecule has 0 saturated heterocycles. The van der Waals surface area contributed by atoms with Gasteiger partial charge in [-0.05, 0) is 37.1 Å². The van der Waals surface area contributed by atoms with Crippen molar-refractivity contribution in [3.05, 3.63) is 60.2 Å². The minimum atomic E-state index is -0.0550. The van der Waals surface area contributed by atoms with Crippen LogP contribution in [0.15, 0.2) is 53.9 Å². The molecule has 0 spiro atoms. The van der Waals surface area contributed by atoms with E-state index in [9.17, 15) is 4.79 Å². The molecule has 0 aliphatic heterocycles. The zero-order chi connectivity index (χ0) is 16.9. The summed E-state index contributed by atoms with van der Waals surface area (Å²) in [5, 5.41) is 11.9. The zero-order valence-electron chi connectivity index (χ0n) is 13.6. The zero-order valence-corrected chi connectivity index (χ0v) is 14.5. The van der Waals surface area contributed by atoms with Crippen molar-refractivity contribution in [2.24, 2.45) is 0 Å². The molecule has 24 heavy (non-hydrogen) atoms. The SMILES string of the molecule is CCc1ccccc1NC(=O)CSc1nnc(C)n1-n1cccc1. The average Bonchev–Trinajstić information content (AvgIpc) is 3.22. The molecule has 0 unspecified atom stereocenters. The first-order valence-corrected chi connectivity index (χ1v) is 8.73. The molecular weight excluding hydrogens is 322 g/mol. The first-order chi connectivity index (χ1) is 11.7. The topological polar surface area (TPSA) is 64.7 Å². The molecule has 124 valence electrons. The molecule has 1 amide bonds. The number of benzene rings is 1. The van der Waals surface area contributed by atoms with Crippen LogP contribution in [0.3, 0.4) is 0 Å². The van der Waals surface area contributed by atoms with E-state index in [1.807, 2.05) is 65.1 Å². The van der Waals surface area contributed by atoms with Crippen molar-refractivity contribution in [2.75, 3.05) is 11.1 Å². The molecule has 0 aliphatic rings. The van der Waals surface area contributed by atoms with Gasteiger partial charge in [0.05, 0.1) is 5.75 Å². The standard InChI is InChI=1S/C17H19N5OS/c1-3-14-8-4-5-9-15(14)18-16(23)12-24-17-20-19-13(2)22(17)21-10-6-7-11-21/h4-11H,3,12H2,1-2H3,(H,18,23). The van der Waals surface area contributed by atoms with Crippen molar-refractivity contribution >= 4 is 23.4 Å². The van der Waals surface area contributed by atoms with E-state index in [4.69, 9.17) is 0 Å². The van der Waals surface area contributed by atoms with Crippen LogP contribution in [0.2, 0.25) is 0 Å². The Hall–Kier alpha value is -2.54. The number of hydrogen-bond acceptors (Lipinski definition) is 4. The highest BCUT2D eigenvalue weighted by atomic mass is 32.2. The van der Waals surface area contributed by atoms with Gasteiger partial charge in [-0.2, -0.15) is 0 Å². The summed E-state index contributed by atoms with van der Waals surface area (Å²) in [4.78, 5) is 12.3. The highest BCUT2D eigenvalue weighted by Gasteiger charge is 2.13. The number of nitrogens with zero attached hydrogens (tertiary/aromatic N) is 4. The molecular formula is C17H19N5OS. The second-order valence-corrected chi connectivity index (χ2v) is 6.19. The van der Waals surface area contributed by atoms with E-state index in [0.717, 1.165) is 23.5 Å². The molecule has 0 radical (unpaired) electrons. The van der Waals surface area contributed by atoms with Crippen LogP contribution in [0, 0.1) is 6.92 Å². The third-order valence-electron chi connectivity index (χ3n) is 3.59. The molecule has 2 heterocycles. The van der Waals surface area contributed by atoms with Crippen molar-refractivity contribution in [3.8, 4) is 0 Å². The maximum Gasteiger partial charge on any atom is 0.234 e. The van der Waals surface area contributed by atoms with Gasteiger partial charge in [0.2, 0.25) is 11.1 Å². The van der Waals surface area contributed by atoms with Gasteiger partial charge >= 0.3 is 0 Å². The van der Waals surface area contributed by atoms with E-state index in [0.29, 0.717) is 5.16 Å². The number of para-hydroxylation sites is 1. The molecule has 7 heteroatoms. The lowest BCUT2D eigenvalue weighted by Crippen LogP contribution is -2.16. The van der Waals surface area contributed by atoms with Gasteiger partial charge in [-0.15, -0.1) is 10.2 Å². The Labute approximate surface area is 144 Å². The van der Waals surface area contributed by atoms with Gasteiger partial charge in [0.1, 0.15) is 0 Å². The molecule has 0 fully saturated rings. The van der Waals surface area contributed by atoms with E-state index in [1.165, 1.54) is 11.8 Å². The molecule has 3 aromatic rings. The second-order valence-electron chi connectivity index (χ2n) is 5.25. The van der Waals surface area contributed by atoms with Gasteiger partial charge < -0.3 is 5.32 Å². The first-order valence-electron chi connectivity index (χ1n) is 7.75.